The zero-order valence-electron chi connectivity index (χ0n) is 15.5. The molecule has 1 atom stereocenters. The lowest BCUT2D eigenvalue weighted by molar-refractivity contribution is 0.0454. The fraction of sp³-hybridized carbons (Fsp3) is 0.286. The van der Waals surface area contributed by atoms with Crippen molar-refractivity contribution in [3.05, 3.63) is 58.7 Å². The van der Waals surface area contributed by atoms with Crippen molar-refractivity contribution in [3.63, 3.8) is 0 Å². The number of aryl methyl sites for hydroxylation is 1. The van der Waals surface area contributed by atoms with Crippen molar-refractivity contribution in [3.8, 4) is 23.0 Å². The molecule has 0 unspecified atom stereocenters. The van der Waals surface area contributed by atoms with Crippen LogP contribution in [0.25, 0.3) is 0 Å². The molecule has 2 aromatic carbocycles. The smallest absolute Gasteiger partial charge is 0.346 e. The van der Waals surface area contributed by atoms with Gasteiger partial charge >= 0.3 is 5.97 Å². The van der Waals surface area contributed by atoms with Gasteiger partial charge in [0.2, 0.25) is 0 Å². The number of ether oxygens (including phenoxy) is 3. The molecule has 3 rings (SSSR count). The predicted octanol–water partition coefficient (Wildman–Crippen LogP) is 3.65. The topological polar surface area (TPSA) is 85.2 Å². The van der Waals surface area contributed by atoms with Crippen LogP contribution in [0.2, 0.25) is 0 Å². The van der Waals surface area contributed by atoms with E-state index in [9.17, 15) is 15.0 Å². The van der Waals surface area contributed by atoms with Crippen molar-refractivity contribution in [2.75, 3.05) is 7.11 Å². The summed E-state index contributed by atoms with van der Waals surface area (Å²) in [5.74, 6) is 0.0966. The molecule has 1 heterocycles. The van der Waals surface area contributed by atoms with Gasteiger partial charge in [-0.15, -0.1) is 0 Å². The van der Waals surface area contributed by atoms with Crippen molar-refractivity contribution in [2.45, 2.75) is 33.0 Å². The first-order valence-electron chi connectivity index (χ1n) is 8.52. The van der Waals surface area contributed by atoms with Crippen LogP contribution >= 0.6 is 0 Å². The van der Waals surface area contributed by atoms with Crippen LogP contribution in [0.4, 0.5) is 0 Å². The number of aliphatic hydroxyl groups is 1. The minimum absolute atomic E-state index is 0.0327. The predicted molar refractivity (Wildman–Crippen MR) is 99.6 cm³/mol. The molecular formula is C21H22O6. The van der Waals surface area contributed by atoms with Gasteiger partial charge in [0.15, 0.2) is 11.5 Å². The highest BCUT2D eigenvalue weighted by molar-refractivity contribution is 5.96. The number of benzene rings is 2. The van der Waals surface area contributed by atoms with E-state index in [0.717, 1.165) is 5.56 Å². The van der Waals surface area contributed by atoms with E-state index in [1.54, 1.807) is 31.2 Å². The van der Waals surface area contributed by atoms with Crippen molar-refractivity contribution in [1.82, 2.24) is 0 Å². The molecule has 0 aromatic heterocycles. The molecule has 1 aliphatic heterocycles. The number of phenolic OH excluding ortho intramolecular Hbond substituents is 1. The molecule has 0 fully saturated rings. The Bertz CT molecular complexity index is 915. The summed E-state index contributed by atoms with van der Waals surface area (Å²) in [5, 5.41) is 20.4. The molecule has 6 nitrogen and oxygen atoms in total. The lowest BCUT2D eigenvalue weighted by Gasteiger charge is -2.22. The van der Waals surface area contributed by atoms with E-state index >= 15 is 0 Å². The second-order valence-electron chi connectivity index (χ2n) is 6.65. The number of aliphatic hydroxyl groups excluding tert-OH is 1. The molecule has 0 bridgehead atoms. The third-order valence-electron chi connectivity index (χ3n) is 4.45. The van der Waals surface area contributed by atoms with Crippen LogP contribution in [-0.2, 0) is 17.8 Å². The van der Waals surface area contributed by atoms with Gasteiger partial charge in [-0.3, -0.25) is 0 Å². The number of fused-ring (bicyclic) bond motifs is 2. The maximum Gasteiger partial charge on any atom is 0.346 e. The molecule has 0 amide bonds. The van der Waals surface area contributed by atoms with E-state index in [2.05, 4.69) is 6.58 Å². The molecule has 0 aliphatic carbocycles. The van der Waals surface area contributed by atoms with E-state index in [1.165, 1.54) is 7.11 Å². The van der Waals surface area contributed by atoms with E-state index < -0.39 is 12.1 Å². The van der Waals surface area contributed by atoms with Gasteiger partial charge in [0.1, 0.15) is 23.7 Å². The fourth-order valence-corrected chi connectivity index (χ4v) is 3.04. The highest BCUT2D eigenvalue weighted by Crippen LogP contribution is 2.42. The molecule has 0 saturated carbocycles. The minimum atomic E-state index is -0.768. The number of carbonyl (C=O) groups is 1. The van der Waals surface area contributed by atoms with Crippen molar-refractivity contribution >= 4 is 5.97 Å². The van der Waals surface area contributed by atoms with Gasteiger partial charge in [0, 0.05) is 12.0 Å². The van der Waals surface area contributed by atoms with E-state index in [1.807, 2.05) is 6.92 Å². The number of esters is 1. The second kappa shape index (κ2) is 7.32. The fourth-order valence-electron chi connectivity index (χ4n) is 3.04. The molecule has 2 N–H and O–H groups in total. The number of rotatable bonds is 4. The SMILES string of the molecule is C=C(C)[C@@H](O)Cc1ccc2c(c1OC)C(=O)OCc1cc(C)cc(O)c1O2. The van der Waals surface area contributed by atoms with Crippen LogP contribution in [0.15, 0.2) is 36.4 Å². The Kier molecular flexibility index (Phi) is 5.10. The molecule has 2 aromatic rings. The van der Waals surface area contributed by atoms with E-state index in [0.29, 0.717) is 16.7 Å². The van der Waals surface area contributed by atoms with Gasteiger partial charge in [0.25, 0.3) is 0 Å². The van der Waals surface area contributed by atoms with Crippen molar-refractivity contribution < 1.29 is 29.2 Å². The van der Waals surface area contributed by atoms with Gasteiger partial charge in [-0.25, -0.2) is 4.79 Å². The first-order valence-corrected chi connectivity index (χ1v) is 8.52. The molecule has 27 heavy (non-hydrogen) atoms. The number of cyclic esters (lactones) is 1. The van der Waals surface area contributed by atoms with E-state index in [4.69, 9.17) is 14.2 Å². The number of phenols is 1. The lowest BCUT2D eigenvalue weighted by Crippen LogP contribution is -2.16. The van der Waals surface area contributed by atoms with Crippen LogP contribution in [0.5, 0.6) is 23.0 Å². The summed E-state index contributed by atoms with van der Waals surface area (Å²) in [6.07, 6.45) is -0.532. The summed E-state index contributed by atoms with van der Waals surface area (Å²) >= 11 is 0. The Hall–Kier alpha value is -2.99. The van der Waals surface area contributed by atoms with Gasteiger partial charge in [-0.05, 0) is 43.2 Å². The van der Waals surface area contributed by atoms with E-state index in [-0.39, 0.29) is 41.6 Å². The first kappa shape index (κ1) is 18.8. The molecular weight excluding hydrogens is 348 g/mol. The highest BCUT2D eigenvalue weighted by Gasteiger charge is 2.28. The molecule has 0 radical (unpaired) electrons. The summed E-state index contributed by atoms with van der Waals surface area (Å²) in [5.41, 5.74) is 2.76. The highest BCUT2D eigenvalue weighted by atomic mass is 16.5. The Morgan fingerprint density at radius 2 is 2.11 bits per heavy atom. The van der Waals surface area contributed by atoms with Crippen molar-refractivity contribution in [2.24, 2.45) is 0 Å². The monoisotopic (exact) mass is 370 g/mol. The lowest BCUT2D eigenvalue weighted by atomic mass is 9.99. The number of methoxy groups -OCH3 is 1. The Morgan fingerprint density at radius 1 is 1.37 bits per heavy atom. The number of hydrogen-bond acceptors (Lipinski definition) is 6. The van der Waals surface area contributed by atoms with Gasteiger partial charge in [-0.2, -0.15) is 0 Å². The summed E-state index contributed by atoms with van der Waals surface area (Å²) in [6.45, 7) is 7.26. The normalized spacial score (nSPS) is 14.0. The van der Waals surface area contributed by atoms with Crippen LogP contribution < -0.4 is 9.47 Å². The van der Waals surface area contributed by atoms with Crippen molar-refractivity contribution in [1.29, 1.82) is 0 Å². The van der Waals surface area contributed by atoms with Crippen LogP contribution in [0, 0.1) is 6.92 Å². The maximum absolute atomic E-state index is 12.7. The Morgan fingerprint density at radius 3 is 2.78 bits per heavy atom. The van der Waals surface area contributed by atoms with Crippen LogP contribution in [0.1, 0.15) is 34.0 Å². The number of aromatic hydroxyl groups is 1. The van der Waals surface area contributed by atoms with Gasteiger partial charge < -0.3 is 24.4 Å². The Balaban J connectivity index is 2.11. The summed E-state index contributed by atoms with van der Waals surface area (Å²) < 4.78 is 16.7. The molecule has 0 spiro atoms. The average Bonchev–Trinajstić information content (AvgIpc) is 2.61. The third-order valence-corrected chi connectivity index (χ3v) is 4.45. The average molecular weight is 370 g/mol. The standard InChI is InChI=1S/C21H22O6/c1-11(2)15(22)9-13-5-6-17-18(20(13)25-4)21(24)26-10-14-7-12(3)8-16(23)19(14)27-17/h5-8,15,22-23H,1,9-10H2,2-4H3/t15-/m0/s1. The maximum atomic E-state index is 12.7. The number of hydrogen-bond donors (Lipinski definition) is 2. The molecule has 6 heteroatoms. The summed E-state index contributed by atoms with van der Waals surface area (Å²) in [7, 11) is 1.44. The third kappa shape index (κ3) is 3.61. The molecule has 142 valence electrons. The largest absolute Gasteiger partial charge is 0.504 e. The quantitative estimate of drug-likeness (QED) is 0.631. The zero-order valence-corrected chi connectivity index (χ0v) is 15.5. The van der Waals surface area contributed by atoms with Gasteiger partial charge in [-0.1, -0.05) is 18.2 Å². The molecule has 0 saturated heterocycles. The zero-order chi connectivity index (χ0) is 19.7. The summed E-state index contributed by atoms with van der Waals surface area (Å²) in [4.78, 5) is 12.7. The first-order chi connectivity index (χ1) is 12.8. The molecule has 1 aliphatic rings. The summed E-state index contributed by atoms with van der Waals surface area (Å²) in [6, 6.07) is 6.69. The van der Waals surface area contributed by atoms with Crippen LogP contribution in [0.3, 0.4) is 0 Å². The second-order valence-corrected chi connectivity index (χ2v) is 6.65. The Labute approximate surface area is 157 Å². The van der Waals surface area contributed by atoms with Gasteiger partial charge in [0.05, 0.1) is 13.2 Å². The number of carbonyl (C=O) groups excluding carboxylic acids is 1. The van der Waals surface area contributed by atoms with Crippen LogP contribution in [-0.4, -0.2) is 29.4 Å². The minimum Gasteiger partial charge on any atom is -0.504 e.